The first kappa shape index (κ1) is 16.1. The van der Waals surface area contributed by atoms with Crippen LogP contribution in [-0.4, -0.2) is 23.4 Å². The van der Waals surface area contributed by atoms with Crippen molar-refractivity contribution in [3.8, 4) is 0 Å². The van der Waals surface area contributed by atoms with Gasteiger partial charge in [0.2, 0.25) is 9.84 Å². The molecule has 0 bridgehead atoms. The van der Waals surface area contributed by atoms with Crippen molar-refractivity contribution in [1.82, 2.24) is 4.98 Å². The Morgan fingerprint density at radius 1 is 1.17 bits per heavy atom. The van der Waals surface area contributed by atoms with E-state index in [-0.39, 0.29) is 21.5 Å². The number of aromatic amines is 1. The number of benzene rings is 2. The number of nitro groups is 1. The summed E-state index contributed by atoms with van der Waals surface area (Å²) < 4.78 is 37.9. The minimum atomic E-state index is -4.20. The molecule has 124 valence electrons. The molecule has 3 aromatic rings. The van der Waals surface area contributed by atoms with E-state index in [9.17, 15) is 28.0 Å². The summed E-state index contributed by atoms with van der Waals surface area (Å²) in [5.74, 6) is -0.605. The molecule has 1 heterocycles. The second kappa shape index (κ2) is 5.69. The average Bonchev–Trinajstić information content (AvgIpc) is 2.97. The van der Waals surface area contributed by atoms with E-state index >= 15 is 0 Å². The van der Waals surface area contributed by atoms with Gasteiger partial charge in [-0.05, 0) is 30.3 Å². The monoisotopic (exact) mass is 350 g/mol. The fraction of sp³-hybridized carbons (Fsp3) is 0.0667. The highest BCUT2D eigenvalue weighted by atomic mass is 32.2. The lowest BCUT2D eigenvalue weighted by Crippen LogP contribution is -2.13. The number of H-pyrrole nitrogens is 1. The number of aromatic nitrogens is 1. The van der Waals surface area contributed by atoms with Crippen molar-refractivity contribution in [2.24, 2.45) is 0 Å². The lowest BCUT2D eigenvalue weighted by Gasteiger charge is -2.11. The van der Waals surface area contributed by atoms with Crippen LogP contribution in [0.3, 0.4) is 0 Å². The van der Waals surface area contributed by atoms with E-state index in [2.05, 4.69) is 4.98 Å². The zero-order chi connectivity index (χ0) is 17.5. The topological polar surface area (TPSA) is 113 Å². The maximum Gasteiger partial charge on any atom is 0.270 e. The minimum absolute atomic E-state index is 0.0157. The fourth-order valence-electron chi connectivity index (χ4n) is 2.37. The van der Waals surface area contributed by atoms with Gasteiger partial charge in [-0.25, -0.2) is 12.8 Å². The first-order chi connectivity index (χ1) is 11.3. The van der Waals surface area contributed by atoms with E-state index in [4.69, 9.17) is 0 Å². The molecule has 0 amide bonds. The Morgan fingerprint density at radius 2 is 1.83 bits per heavy atom. The van der Waals surface area contributed by atoms with Crippen LogP contribution in [0.4, 0.5) is 10.1 Å². The van der Waals surface area contributed by atoms with Crippen molar-refractivity contribution in [1.29, 1.82) is 0 Å². The van der Waals surface area contributed by atoms with Crippen molar-refractivity contribution in [3.05, 3.63) is 70.2 Å². The first-order valence-corrected chi connectivity index (χ1v) is 8.28. The summed E-state index contributed by atoms with van der Waals surface area (Å²) in [5, 5.41) is 21.4. The van der Waals surface area contributed by atoms with Crippen LogP contribution in [0.25, 0.3) is 10.9 Å². The molecular weight excluding hydrogens is 339 g/mol. The number of aliphatic hydroxyl groups excluding tert-OH is 1. The molecule has 1 aromatic heterocycles. The highest BCUT2D eigenvalue weighted by molar-refractivity contribution is 7.91. The Kier molecular flexibility index (Phi) is 3.82. The van der Waals surface area contributed by atoms with Gasteiger partial charge >= 0.3 is 0 Å². The highest BCUT2D eigenvalue weighted by Gasteiger charge is 2.29. The Bertz CT molecular complexity index is 1030. The molecule has 1 unspecified atom stereocenters. The van der Waals surface area contributed by atoms with Crippen LogP contribution >= 0.6 is 0 Å². The van der Waals surface area contributed by atoms with Gasteiger partial charge in [-0.2, -0.15) is 0 Å². The molecule has 0 radical (unpaired) electrons. The molecule has 0 aliphatic carbocycles. The summed E-state index contributed by atoms with van der Waals surface area (Å²) in [7, 11) is -4.20. The number of rotatable bonds is 4. The summed E-state index contributed by atoms with van der Waals surface area (Å²) in [6, 6.07) is 7.91. The van der Waals surface area contributed by atoms with E-state index in [1.807, 2.05) is 0 Å². The SMILES string of the molecule is O=[N+]([O-])c1ccc2[nH]cc(C(O)S(=O)(=O)c3ccc(F)cc3)c2c1. The van der Waals surface area contributed by atoms with Crippen molar-refractivity contribution >= 4 is 26.4 Å². The largest absolute Gasteiger partial charge is 0.373 e. The zero-order valence-electron chi connectivity index (χ0n) is 12.0. The van der Waals surface area contributed by atoms with Crippen LogP contribution in [0.5, 0.6) is 0 Å². The van der Waals surface area contributed by atoms with Crippen molar-refractivity contribution in [2.45, 2.75) is 10.3 Å². The number of non-ortho nitro benzene ring substituents is 1. The standard InChI is InChI=1S/C15H11FN2O5S/c16-9-1-4-11(5-2-9)24(22,23)15(19)13-8-17-14-6-3-10(18(20)21)7-12(13)14/h1-8,15,17,19H. The van der Waals surface area contributed by atoms with Crippen LogP contribution in [0, 0.1) is 15.9 Å². The van der Waals surface area contributed by atoms with Gasteiger partial charge in [0.25, 0.3) is 5.69 Å². The van der Waals surface area contributed by atoms with Crippen LogP contribution in [-0.2, 0) is 9.84 Å². The molecule has 0 fully saturated rings. The molecule has 2 aromatic carbocycles. The predicted octanol–water partition coefficient (Wildman–Crippen LogP) is 2.68. The Balaban J connectivity index is 2.10. The quantitative estimate of drug-likeness (QED) is 0.427. The van der Waals surface area contributed by atoms with E-state index in [1.165, 1.54) is 24.4 Å². The third-order valence-corrected chi connectivity index (χ3v) is 5.38. The van der Waals surface area contributed by atoms with Crippen molar-refractivity contribution in [2.75, 3.05) is 0 Å². The summed E-state index contributed by atoms with van der Waals surface area (Å²) in [5.41, 5.74) is -1.74. The molecule has 7 nitrogen and oxygen atoms in total. The van der Waals surface area contributed by atoms with E-state index in [0.29, 0.717) is 5.52 Å². The van der Waals surface area contributed by atoms with Crippen LogP contribution in [0.2, 0.25) is 0 Å². The second-order valence-electron chi connectivity index (χ2n) is 5.08. The third-order valence-electron chi connectivity index (χ3n) is 3.61. The van der Waals surface area contributed by atoms with Crippen LogP contribution in [0.15, 0.2) is 53.6 Å². The number of aliphatic hydroxyl groups is 1. The normalized spacial score (nSPS) is 13.1. The number of sulfone groups is 1. The zero-order valence-corrected chi connectivity index (χ0v) is 12.8. The predicted molar refractivity (Wildman–Crippen MR) is 83.5 cm³/mol. The number of hydrogen-bond acceptors (Lipinski definition) is 5. The van der Waals surface area contributed by atoms with Gasteiger partial charge in [-0.15, -0.1) is 0 Å². The molecule has 0 saturated heterocycles. The summed E-state index contributed by atoms with van der Waals surface area (Å²) >= 11 is 0. The number of nitrogens with zero attached hydrogens (tertiary/aromatic N) is 1. The summed E-state index contributed by atoms with van der Waals surface area (Å²) in [6.07, 6.45) is 1.28. The third kappa shape index (κ3) is 2.63. The van der Waals surface area contributed by atoms with Crippen molar-refractivity contribution in [3.63, 3.8) is 0 Å². The molecule has 0 aliphatic heterocycles. The average molecular weight is 350 g/mol. The number of halogens is 1. The van der Waals surface area contributed by atoms with Crippen LogP contribution < -0.4 is 0 Å². The van der Waals surface area contributed by atoms with E-state index in [1.54, 1.807) is 0 Å². The van der Waals surface area contributed by atoms with Gasteiger partial charge in [0.15, 0.2) is 5.44 Å². The van der Waals surface area contributed by atoms with E-state index < -0.39 is 26.0 Å². The van der Waals surface area contributed by atoms with Gasteiger partial charge in [0, 0.05) is 34.8 Å². The number of fused-ring (bicyclic) bond motifs is 1. The molecule has 24 heavy (non-hydrogen) atoms. The number of nitrogens with one attached hydrogen (secondary N) is 1. The highest BCUT2D eigenvalue weighted by Crippen LogP contribution is 2.33. The second-order valence-corrected chi connectivity index (χ2v) is 7.09. The summed E-state index contributed by atoms with van der Waals surface area (Å²) in [4.78, 5) is 12.8. The Labute approximate surface area is 135 Å². The van der Waals surface area contributed by atoms with E-state index in [0.717, 1.165) is 24.3 Å². The molecule has 3 rings (SSSR count). The lowest BCUT2D eigenvalue weighted by molar-refractivity contribution is -0.384. The first-order valence-electron chi connectivity index (χ1n) is 6.73. The van der Waals surface area contributed by atoms with Gasteiger partial charge in [-0.3, -0.25) is 10.1 Å². The smallest absolute Gasteiger partial charge is 0.270 e. The number of nitro benzene ring substituents is 1. The van der Waals surface area contributed by atoms with Crippen molar-refractivity contribution < 1.29 is 22.8 Å². The molecule has 2 N–H and O–H groups in total. The molecule has 0 spiro atoms. The van der Waals surface area contributed by atoms with Gasteiger partial charge in [-0.1, -0.05) is 0 Å². The molecule has 0 saturated carbocycles. The maximum absolute atomic E-state index is 13.0. The number of hydrogen-bond donors (Lipinski definition) is 2. The molecule has 0 aliphatic rings. The molecule has 1 atom stereocenters. The Morgan fingerprint density at radius 3 is 2.46 bits per heavy atom. The summed E-state index contributed by atoms with van der Waals surface area (Å²) in [6.45, 7) is 0. The molecule has 9 heteroatoms. The van der Waals surface area contributed by atoms with Gasteiger partial charge < -0.3 is 10.1 Å². The lowest BCUT2D eigenvalue weighted by atomic mass is 10.1. The molecular formula is C15H11FN2O5S. The maximum atomic E-state index is 13.0. The van der Waals surface area contributed by atoms with Gasteiger partial charge in [0.1, 0.15) is 5.82 Å². The Hall–Kier alpha value is -2.78. The van der Waals surface area contributed by atoms with Crippen LogP contribution in [0.1, 0.15) is 11.0 Å². The minimum Gasteiger partial charge on any atom is -0.373 e. The van der Waals surface area contributed by atoms with Gasteiger partial charge in [0.05, 0.1) is 9.82 Å². The fourth-order valence-corrected chi connectivity index (χ4v) is 3.67.